The molecule has 0 atom stereocenters. The van der Waals surface area contributed by atoms with Gasteiger partial charge >= 0.3 is 0 Å². The van der Waals surface area contributed by atoms with Crippen LogP contribution in [0.3, 0.4) is 0 Å². The minimum atomic E-state index is -0.643. The summed E-state index contributed by atoms with van der Waals surface area (Å²) < 4.78 is 10.3. The van der Waals surface area contributed by atoms with Crippen molar-refractivity contribution in [3.05, 3.63) is 88.0 Å². The van der Waals surface area contributed by atoms with E-state index in [4.69, 9.17) is 32.7 Å². The molecule has 8 nitrogen and oxygen atoms in total. The fraction of sp³-hybridized carbons (Fsp3) is 0.0800. The van der Waals surface area contributed by atoms with Gasteiger partial charge in [0.25, 0.3) is 17.7 Å². The van der Waals surface area contributed by atoms with Gasteiger partial charge in [0.15, 0.2) is 0 Å². The summed E-state index contributed by atoms with van der Waals surface area (Å²) in [7, 11) is 3.01. The Morgan fingerprint density at radius 3 is 2.17 bits per heavy atom. The maximum atomic E-state index is 12.9. The van der Waals surface area contributed by atoms with Crippen LogP contribution in [-0.2, 0) is 9.59 Å². The van der Waals surface area contributed by atoms with Crippen molar-refractivity contribution in [3.8, 4) is 11.5 Å². The van der Waals surface area contributed by atoms with Crippen LogP contribution < -0.4 is 25.0 Å². The van der Waals surface area contributed by atoms with E-state index in [9.17, 15) is 14.4 Å². The number of methoxy groups -OCH3 is 2. The van der Waals surface area contributed by atoms with Gasteiger partial charge in [-0.05, 0) is 66.7 Å². The van der Waals surface area contributed by atoms with Crippen molar-refractivity contribution in [1.82, 2.24) is 0 Å². The predicted octanol–water partition coefficient (Wildman–Crippen LogP) is 5.05. The Hall–Kier alpha value is -4.01. The second-order valence-electron chi connectivity index (χ2n) is 7.33. The highest BCUT2D eigenvalue weighted by Gasteiger charge is 2.39. The maximum Gasteiger partial charge on any atom is 0.283 e. The van der Waals surface area contributed by atoms with Crippen LogP contribution in [0.25, 0.3) is 0 Å². The van der Waals surface area contributed by atoms with Gasteiger partial charge in [-0.3, -0.25) is 14.4 Å². The molecule has 0 radical (unpaired) electrons. The first-order chi connectivity index (χ1) is 16.8. The minimum Gasteiger partial charge on any atom is -0.497 e. The molecule has 0 fully saturated rings. The van der Waals surface area contributed by atoms with Gasteiger partial charge in [-0.2, -0.15) is 0 Å². The number of anilines is 3. The summed E-state index contributed by atoms with van der Waals surface area (Å²) >= 11 is 12.2. The topological polar surface area (TPSA) is 97.0 Å². The number of nitrogens with zero attached hydrogens (tertiary/aromatic N) is 1. The highest BCUT2D eigenvalue weighted by atomic mass is 35.5. The predicted molar refractivity (Wildman–Crippen MR) is 134 cm³/mol. The molecule has 2 N–H and O–H groups in total. The zero-order valence-electron chi connectivity index (χ0n) is 18.6. The third-order valence-corrected chi connectivity index (χ3v) is 5.77. The smallest absolute Gasteiger partial charge is 0.283 e. The molecule has 1 aliphatic heterocycles. The fourth-order valence-electron chi connectivity index (χ4n) is 3.40. The number of carbonyl (C=O) groups is 3. The second-order valence-corrected chi connectivity index (χ2v) is 8.15. The number of nitrogens with one attached hydrogen (secondary N) is 2. The van der Waals surface area contributed by atoms with Gasteiger partial charge in [0.05, 0.1) is 25.6 Å². The Labute approximate surface area is 211 Å². The summed E-state index contributed by atoms with van der Waals surface area (Å²) in [6.45, 7) is 0. The van der Waals surface area contributed by atoms with Gasteiger partial charge in [0, 0.05) is 16.3 Å². The van der Waals surface area contributed by atoms with Crippen molar-refractivity contribution in [3.63, 3.8) is 0 Å². The first kappa shape index (κ1) is 24.1. The zero-order valence-corrected chi connectivity index (χ0v) is 20.1. The summed E-state index contributed by atoms with van der Waals surface area (Å²) in [5, 5.41) is 5.84. The molecule has 3 aromatic carbocycles. The molecule has 178 valence electrons. The van der Waals surface area contributed by atoms with Gasteiger partial charge in [-0.25, -0.2) is 4.90 Å². The molecule has 10 heteroatoms. The number of benzene rings is 3. The van der Waals surface area contributed by atoms with Crippen molar-refractivity contribution in [2.75, 3.05) is 29.8 Å². The number of amides is 3. The third-order valence-electron chi connectivity index (χ3n) is 5.18. The Bertz CT molecular complexity index is 1340. The lowest BCUT2D eigenvalue weighted by molar-refractivity contribution is -0.120. The molecule has 0 aliphatic carbocycles. The van der Waals surface area contributed by atoms with E-state index in [-0.39, 0.29) is 16.6 Å². The lowest BCUT2D eigenvalue weighted by Crippen LogP contribution is -2.32. The van der Waals surface area contributed by atoms with Crippen LogP contribution in [0, 0.1) is 0 Å². The zero-order chi connectivity index (χ0) is 25.1. The monoisotopic (exact) mass is 511 g/mol. The average molecular weight is 512 g/mol. The average Bonchev–Trinajstić information content (AvgIpc) is 3.07. The summed E-state index contributed by atoms with van der Waals surface area (Å²) in [5.41, 5.74) is 1.55. The molecule has 1 heterocycles. The number of rotatable bonds is 7. The third kappa shape index (κ3) is 4.94. The van der Waals surface area contributed by atoms with Gasteiger partial charge in [-0.15, -0.1) is 0 Å². The quantitative estimate of drug-likeness (QED) is 0.431. The number of carbonyl (C=O) groups excluding carboxylic acids is 3. The number of halogens is 2. The lowest BCUT2D eigenvalue weighted by atomic mass is 10.1. The van der Waals surface area contributed by atoms with Gasteiger partial charge in [0.1, 0.15) is 22.2 Å². The van der Waals surface area contributed by atoms with E-state index in [1.54, 1.807) is 66.7 Å². The molecular formula is C25H19Cl2N3O5. The summed E-state index contributed by atoms with van der Waals surface area (Å²) in [5.74, 6) is -0.570. The minimum absolute atomic E-state index is 0.0617. The van der Waals surface area contributed by atoms with E-state index in [0.29, 0.717) is 39.1 Å². The number of hydrogen-bond acceptors (Lipinski definition) is 6. The molecule has 1 aliphatic rings. The Kier molecular flexibility index (Phi) is 6.95. The van der Waals surface area contributed by atoms with Crippen LogP contribution in [0.15, 0.2) is 77.5 Å². The molecule has 0 spiro atoms. The summed E-state index contributed by atoms with van der Waals surface area (Å²) in [6, 6.07) is 17.6. The molecule has 0 aromatic heterocycles. The van der Waals surface area contributed by atoms with Crippen molar-refractivity contribution in [1.29, 1.82) is 0 Å². The molecule has 0 bridgehead atoms. The SMILES string of the molecule is COc1ccc(N2C(=O)C(Cl)=C(Nc3ccc(C(=O)Nc4cc(Cl)ccc4OC)cc3)C2=O)cc1. The number of imide groups is 1. The molecule has 3 aromatic rings. The van der Waals surface area contributed by atoms with Crippen molar-refractivity contribution >= 4 is 58.0 Å². The lowest BCUT2D eigenvalue weighted by Gasteiger charge is -2.15. The number of ether oxygens (including phenoxy) is 2. The van der Waals surface area contributed by atoms with Crippen molar-refractivity contribution in [2.24, 2.45) is 0 Å². The van der Waals surface area contributed by atoms with Gasteiger partial charge in [-0.1, -0.05) is 23.2 Å². The normalized spacial score (nSPS) is 13.2. The van der Waals surface area contributed by atoms with Crippen LogP contribution in [-0.4, -0.2) is 31.9 Å². The molecule has 3 amide bonds. The molecule has 4 rings (SSSR count). The van der Waals surface area contributed by atoms with Crippen molar-refractivity contribution in [2.45, 2.75) is 0 Å². The first-order valence-electron chi connectivity index (χ1n) is 10.3. The fourth-order valence-corrected chi connectivity index (χ4v) is 3.78. The highest BCUT2D eigenvalue weighted by Crippen LogP contribution is 2.31. The largest absolute Gasteiger partial charge is 0.497 e. The Morgan fingerprint density at radius 1 is 0.857 bits per heavy atom. The van der Waals surface area contributed by atoms with E-state index in [2.05, 4.69) is 10.6 Å². The van der Waals surface area contributed by atoms with Crippen LogP contribution in [0.4, 0.5) is 17.1 Å². The van der Waals surface area contributed by atoms with Gasteiger partial charge < -0.3 is 20.1 Å². The van der Waals surface area contributed by atoms with Crippen LogP contribution >= 0.6 is 23.2 Å². The molecule has 35 heavy (non-hydrogen) atoms. The van der Waals surface area contributed by atoms with E-state index in [0.717, 1.165) is 4.90 Å². The van der Waals surface area contributed by atoms with E-state index < -0.39 is 11.8 Å². The Morgan fingerprint density at radius 2 is 1.54 bits per heavy atom. The molecule has 0 saturated heterocycles. The second kappa shape index (κ2) is 10.1. The van der Waals surface area contributed by atoms with Crippen molar-refractivity contribution < 1.29 is 23.9 Å². The maximum absolute atomic E-state index is 12.9. The van der Waals surface area contributed by atoms with Crippen LogP contribution in [0.1, 0.15) is 10.4 Å². The summed E-state index contributed by atoms with van der Waals surface area (Å²) in [6.07, 6.45) is 0. The Balaban J connectivity index is 1.48. The first-order valence-corrected chi connectivity index (χ1v) is 11.0. The molecular weight excluding hydrogens is 493 g/mol. The highest BCUT2D eigenvalue weighted by molar-refractivity contribution is 6.53. The van der Waals surface area contributed by atoms with Crippen LogP contribution in [0.2, 0.25) is 5.02 Å². The van der Waals surface area contributed by atoms with E-state index in [1.807, 2.05) is 0 Å². The van der Waals surface area contributed by atoms with Crippen LogP contribution in [0.5, 0.6) is 11.5 Å². The molecule has 0 unspecified atom stereocenters. The standard InChI is InChI=1S/C25H19Cl2N3O5/c1-34-18-10-8-17(9-11-18)30-24(32)21(27)22(25(30)33)28-16-6-3-14(4-7-16)23(31)29-19-13-15(26)5-12-20(19)35-2/h3-13,28H,1-2H3,(H,29,31). The van der Waals surface area contributed by atoms with E-state index >= 15 is 0 Å². The van der Waals surface area contributed by atoms with Gasteiger partial charge in [0.2, 0.25) is 0 Å². The summed E-state index contributed by atoms with van der Waals surface area (Å²) in [4.78, 5) is 39.2. The molecule has 0 saturated carbocycles. The number of hydrogen-bond donors (Lipinski definition) is 2. The van der Waals surface area contributed by atoms with E-state index in [1.165, 1.54) is 14.2 Å².